The Morgan fingerprint density at radius 2 is 2.00 bits per heavy atom. The largest absolute Gasteiger partial charge is 0.481 e. The highest BCUT2D eigenvalue weighted by atomic mass is 16.4. The smallest absolute Gasteiger partial charge is 0.308 e. The monoisotopic (exact) mass is 185 g/mol. The first-order chi connectivity index (χ1) is 5.87. The fourth-order valence-corrected chi connectivity index (χ4v) is 2.08. The lowest BCUT2D eigenvalue weighted by molar-refractivity contribution is -0.145. The van der Waals surface area contributed by atoms with Gasteiger partial charge in [0, 0.05) is 13.5 Å². The van der Waals surface area contributed by atoms with Crippen LogP contribution in [0.4, 0.5) is 0 Å². The third kappa shape index (κ3) is 1.53. The van der Waals surface area contributed by atoms with E-state index < -0.39 is 17.4 Å². The van der Waals surface area contributed by atoms with Crippen molar-refractivity contribution in [3.63, 3.8) is 0 Å². The van der Waals surface area contributed by atoms with Gasteiger partial charge in [-0.1, -0.05) is 0 Å². The third-order valence-corrected chi connectivity index (χ3v) is 2.87. The van der Waals surface area contributed by atoms with E-state index in [9.17, 15) is 9.59 Å². The molecule has 13 heavy (non-hydrogen) atoms. The van der Waals surface area contributed by atoms with Crippen molar-refractivity contribution in [1.29, 1.82) is 0 Å². The summed E-state index contributed by atoms with van der Waals surface area (Å²) in [5, 5.41) is 8.91. The van der Waals surface area contributed by atoms with E-state index in [1.807, 2.05) is 0 Å². The second-order valence-corrected chi connectivity index (χ2v) is 4.00. The van der Waals surface area contributed by atoms with Crippen LogP contribution in [0.5, 0.6) is 0 Å². The van der Waals surface area contributed by atoms with Crippen LogP contribution in [0.1, 0.15) is 27.2 Å². The predicted molar refractivity (Wildman–Crippen MR) is 47.2 cm³/mol. The summed E-state index contributed by atoms with van der Waals surface area (Å²) in [6, 6.07) is 0. The molecule has 0 aliphatic carbocycles. The minimum atomic E-state index is -0.811. The van der Waals surface area contributed by atoms with Gasteiger partial charge in [-0.2, -0.15) is 0 Å². The maximum absolute atomic E-state index is 11.2. The Morgan fingerprint density at radius 1 is 1.46 bits per heavy atom. The Labute approximate surface area is 77.5 Å². The number of carboxylic acid groups (broad SMARTS) is 1. The molecule has 1 aliphatic rings. The van der Waals surface area contributed by atoms with Crippen LogP contribution in [0, 0.1) is 5.92 Å². The fourth-order valence-electron chi connectivity index (χ4n) is 2.08. The van der Waals surface area contributed by atoms with E-state index in [0.29, 0.717) is 13.0 Å². The quantitative estimate of drug-likeness (QED) is 0.654. The van der Waals surface area contributed by atoms with Crippen molar-refractivity contribution in [2.75, 3.05) is 6.54 Å². The van der Waals surface area contributed by atoms with Crippen molar-refractivity contribution in [3.8, 4) is 0 Å². The summed E-state index contributed by atoms with van der Waals surface area (Å²) in [6.45, 7) is 5.64. The highest BCUT2D eigenvalue weighted by Crippen LogP contribution is 2.34. The van der Waals surface area contributed by atoms with Crippen molar-refractivity contribution >= 4 is 11.9 Å². The molecule has 0 radical (unpaired) electrons. The number of likely N-dealkylation sites (tertiary alicyclic amines) is 1. The highest BCUT2D eigenvalue weighted by Gasteiger charge is 2.46. The zero-order valence-corrected chi connectivity index (χ0v) is 8.20. The van der Waals surface area contributed by atoms with E-state index in [1.165, 1.54) is 6.92 Å². The van der Waals surface area contributed by atoms with Gasteiger partial charge >= 0.3 is 5.97 Å². The van der Waals surface area contributed by atoms with Gasteiger partial charge in [-0.15, -0.1) is 0 Å². The molecule has 1 N–H and O–H groups in total. The molecule has 4 heteroatoms. The molecule has 4 nitrogen and oxygen atoms in total. The number of hydrogen-bond acceptors (Lipinski definition) is 2. The Balaban J connectivity index is 2.88. The van der Waals surface area contributed by atoms with Crippen LogP contribution in [-0.4, -0.2) is 34.0 Å². The molecular weight excluding hydrogens is 170 g/mol. The minimum absolute atomic E-state index is 0.0475. The molecule has 74 valence electrons. The van der Waals surface area contributed by atoms with E-state index in [-0.39, 0.29) is 5.91 Å². The van der Waals surface area contributed by atoms with Crippen LogP contribution in [0.2, 0.25) is 0 Å². The van der Waals surface area contributed by atoms with Crippen molar-refractivity contribution in [2.24, 2.45) is 5.92 Å². The molecule has 0 saturated carbocycles. The van der Waals surface area contributed by atoms with Crippen molar-refractivity contribution in [3.05, 3.63) is 0 Å². The molecule has 1 unspecified atom stereocenters. The fraction of sp³-hybridized carbons (Fsp3) is 0.778. The first-order valence-electron chi connectivity index (χ1n) is 4.38. The van der Waals surface area contributed by atoms with Gasteiger partial charge in [-0.25, -0.2) is 0 Å². The normalized spacial score (nSPS) is 26.1. The molecule has 1 rings (SSSR count). The van der Waals surface area contributed by atoms with Gasteiger partial charge in [0.1, 0.15) is 0 Å². The highest BCUT2D eigenvalue weighted by molar-refractivity contribution is 5.78. The summed E-state index contributed by atoms with van der Waals surface area (Å²) in [7, 11) is 0. The number of rotatable bonds is 1. The second-order valence-electron chi connectivity index (χ2n) is 4.00. The molecule has 0 spiro atoms. The number of amides is 1. The Morgan fingerprint density at radius 3 is 2.23 bits per heavy atom. The van der Waals surface area contributed by atoms with Crippen LogP contribution in [0.3, 0.4) is 0 Å². The molecular formula is C9H15NO3. The van der Waals surface area contributed by atoms with Gasteiger partial charge < -0.3 is 10.0 Å². The molecule has 0 aromatic heterocycles. The zero-order chi connectivity index (χ0) is 10.2. The average Bonchev–Trinajstić information content (AvgIpc) is 2.24. The SMILES string of the molecule is CC(=O)N1CCC(C(=O)O)C1(C)C. The predicted octanol–water partition coefficient (Wildman–Crippen LogP) is 0.718. The molecule has 1 atom stereocenters. The zero-order valence-electron chi connectivity index (χ0n) is 8.20. The number of carboxylic acids is 1. The Bertz CT molecular complexity index is 223. The van der Waals surface area contributed by atoms with Crippen molar-refractivity contribution in [2.45, 2.75) is 32.7 Å². The molecule has 1 saturated heterocycles. The lowest BCUT2D eigenvalue weighted by Gasteiger charge is -2.33. The van der Waals surface area contributed by atoms with Crippen LogP contribution >= 0.6 is 0 Å². The first kappa shape index (κ1) is 10.0. The summed E-state index contributed by atoms with van der Waals surface area (Å²) in [5.41, 5.74) is -0.544. The Kier molecular flexibility index (Phi) is 2.32. The van der Waals surface area contributed by atoms with Crippen molar-refractivity contribution < 1.29 is 14.7 Å². The van der Waals surface area contributed by atoms with Crippen LogP contribution in [-0.2, 0) is 9.59 Å². The van der Waals surface area contributed by atoms with Crippen LogP contribution in [0.15, 0.2) is 0 Å². The summed E-state index contributed by atoms with van der Waals surface area (Å²) in [6.07, 6.45) is 0.557. The van der Waals surface area contributed by atoms with Gasteiger partial charge in [0.05, 0.1) is 11.5 Å². The Hall–Kier alpha value is -1.06. The van der Waals surface area contributed by atoms with E-state index in [1.54, 1.807) is 18.7 Å². The van der Waals surface area contributed by atoms with Gasteiger partial charge in [-0.3, -0.25) is 9.59 Å². The maximum Gasteiger partial charge on any atom is 0.308 e. The number of nitrogens with zero attached hydrogens (tertiary/aromatic N) is 1. The summed E-state index contributed by atoms with van der Waals surface area (Å²) in [5.74, 6) is -1.29. The third-order valence-electron chi connectivity index (χ3n) is 2.87. The van der Waals surface area contributed by atoms with Gasteiger partial charge in [0.25, 0.3) is 0 Å². The lowest BCUT2D eigenvalue weighted by atomic mass is 9.88. The van der Waals surface area contributed by atoms with E-state index in [4.69, 9.17) is 5.11 Å². The van der Waals surface area contributed by atoms with E-state index >= 15 is 0 Å². The topological polar surface area (TPSA) is 57.6 Å². The first-order valence-corrected chi connectivity index (χ1v) is 4.38. The molecule has 0 bridgehead atoms. The molecule has 0 aromatic rings. The lowest BCUT2D eigenvalue weighted by Crippen LogP contribution is -2.47. The average molecular weight is 185 g/mol. The minimum Gasteiger partial charge on any atom is -0.481 e. The van der Waals surface area contributed by atoms with Gasteiger partial charge in [-0.05, 0) is 20.3 Å². The molecule has 0 aromatic carbocycles. The van der Waals surface area contributed by atoms with Gasteiger partial charge in [0.2, 0.25) is 5.91 Å². The maximum atomic E-state index is 11.2. The molecule has 1 fully saturated rings. The van der Waals surface area contributed by atoms with E-state index in [0.717, 1.165) is 0 Å². The van der Waals surface area contributed by atoms with Crippen LogP contribution < -0.4 is 0 Å². The molecule has 1 aliphatic heterocycles. The van der Waals surface area contributed by atoms with Crippen molar-refractivity contribution in [1.82, 2.24) is 4.90 Å². The van der Waals surface area contributed by atoms with Crippen LogP contribution in [0.25, 0.3) is 0 Å². The number of hydrogen-bond donors (Lipinski definition) is 1. The second kappa shape index (κ2) is 3.01. The van der Waals surface area contributed by atoms with E-state index in [2.05, 4.69) is 0 Å². The summed E-state index contributed by atoms with van der Waals surface area (Å²) >= 11 is 0. The number of carbonyl (C=O) groups is 2. The molecule has 1 amide bonds. The standard InChI is InChI=1S/C9H15NO3/c1-6(11)10-5-4-7(8(12)13)9(10,2)3/h7H,4-5H2,1-3H3,(H,12,13). The number of carbonyl (C=O) groups excluding carboxylic acids is 1. The van der Waals surface area contributed by atoms with Gasteiger partial charge in [0.15, 0.2) is 0 Å². The number of aliphatic carboxylic acids is 1. The summed E-state index contributed by atoms with van der Waals surface area (Å²) in [4.78, 5) is 23.6. The summed E-state index contributed by atoms with van der Waals surface area (Å²) < 4.78 is 0. The molecule has 1 heterocycles.